The molecule has 2 heterocycles. The average Bonchev–Trinajstić information content (AvgIpc) is 2.44. The van der Waals surface area contributed by atoms with E-state index in [1.807, 2.05) is 6.92 Å². The lowest BCUT2D eigenvalue weighted by Gasteiger charge is -2.26. The van der Waals surface area contributed by atoms with E-state index in [1.165, 1.54) is 32.4 Å². The Morgan fingerprint density at radius 3 is 2.79 bits per heavy atom. The second-order valence-corrected chi connectivity index (χ2v) is 4.93. The van der Waals surface area contributed by atoms with Gasteiger partial charge in [-0.25, -0.2) is 9.97 Å². The largest absolute Gasteiger partial charge is 0.476 e. The molecule has 0 unspecified atom stereocenters. The van der Waals surface area contributed by atoms with Gasteiger partial charge >= 0.3 is 0 Å². The first-order chi connectivity index (χ1) is 9.31. The molecule has 0 atom stereocenters. The van der Waals surface area contributed by atoms with Gasteiger partial charge in [0.2, 0.25) is 5.88 Å². The van der Waals surface area contributed by atoms with Crippen molar-refractivity contribution >= 4 is 5.82 Å². The third-order valence-corrected chi connectivity index (χ3v) is 3.48. The molecule has 1 N–H and O–H groups in total. The molecule has 106 valence electrons. The smallest absolute Gasteiger partial charge is 0.221 e. The third-order valence-electron chi connectivity index (χ3n) is 3.48. The van der Waals surface area contributed by atoms with Crippen LogP contribution in [0.1, 0.15) is 31.7 Å². The maximum Gasteiger partial charge on any atom is 0.221 e. The van der Waals surface area contributed by atoms with Gasteiger partial charge in [0, 0.05) is 13.1 Å². The average molecular weight is 264 g/mol. The highest BCUT2D eigenvalue weighted by Crippen LogP contribution is 2.20. The minimum Gasteiger partial charge on any atom is -0.476 e. The predicted molar refractivity (Wildman–Crippen MR) is 76.7 cm³/mol. The number of rotatable bonds is 6. The summed E-state index contributed by atoms with van der Waals surface area (Å²) in [5.74, 6) is 1.56. The zero-order valence-corrected chi connectivity index (χ0v) is 12.0. The van der Waals surface area contributed by atoms with E-state index < -0.39 is 0 Å². The Hall–Kier alpha value is -1.36. The molecule has 5 nitrogen and oxygen atoms in total. The minimum absolute atomic E-state index is 0.697. The molecule has 1 aromatic rings. The molecule has 19 heavy (non-hydrogen) atoms. The molecule has 0 bridgehead atoms. The number of likely N-dealkylation sites (tertiary alicyclic amines) is 1. The van der Waals surface area contributed by atoms with Crippen LogP contribution in [0.15, 0.2) is 6.33 Å². The van der Waals surface area contributed by atoms with Gasteiger partial charge in [0.05, 0.1) is 5.56 Å². The van der Waals surface area contributed by atoms with Gasteiger partial charge in [0.25, 0.3) is 0 Å². The van der Waals surface area contributed by atoms with Crippen molar-refractivity contribution in [3.63, 3.8) is 0 Å². The molecular weight excluding hydrogens is 240 g/mol. The number of piperidine rings is 1. The van der Waals surface area contributed by atoms with E-state index in [-0.39, 0.29) is 0 Å². The topological polar surface area (TPSA) is 50.3 Å². The van der Waals surface area contributed by atoms with Crippen molar-refractivity contribution in [2.75, 3.05) is 38.1 Å². The molecule has 1 fully saturated rings. The van der Waals surface area contributed by atoms with E-state index in [9.17, 15) is 0 Å². The van der Waals surface area contributed by atoms with Crippen molar-refractivity contribution in [2.45, 2.75) is 33.1 Å². The van der Waals surface area contributed by atoms with E-state index in [4.69, 9.17) is 4.74 Å². The second-order valence-electron chi connectivity index (χ2n) is 4.93. The van der Waals surface area contributed by atoms with E-state index in [1.54, 1.807) is 6.33 Å². The van der Waals surface area contributed by atoms with Crippen LogP contribution in [0.4, 0.5) is 5.82 Å². The highest BCUT2D eigenvalue weighted by atomic mass is 16.5. The number of aromatic nitrogens is 2. The molecule has 1 aromatic heterocycles. The van der Waals surface area contributed by atoms with E-state index >= 15 is 0 Å². The maximum absolute atomic E-state index is 5.79. The number of anilines is 1. The fraction of sp³-hybridized carbons (Fsp3) is 0.714. The van der Waals surface area contributed by atoms with E-state index in [0.29, 0.717) is 12.5 Å². The fourth-order valence-corrected chi connectivity index (χ4v) is 2.38. The summed E-state index contributed by atoms with van der Waals surface area (Å²) in [6.07, 6.45) is 5.56. The van der Waals surface area contributed by atoms with Crippen LogP contribution in [0.5, 0.6) is 5.88 Å². The molecule has 0 amide bonds. The summed E-state index contributed by atoms with van der Waals surface area (Å²) in [6, 6.07) is 0. The number of hydrogen-bond donors (Lipinski definition) is 1. The van der Waals surface area contributed by atoms with Gasteiger partial charge in [0.1, 0.15) is 18.8 Å². The fourth-order valence-electron chi connectivity index (χ4n) is 2.38. The van der Waals surface area contributed by atoms with Crippen LogP contribution in [0.3, 0.4) is 0 Å². The summed E-state index contributed by atoms with van der Waals surface area (Å²) in [6.45, 7) is 8.99. The van der Waals surface area contributed by atoms with Crippen molar-refractivity contribution in [1.29, 1.82) is 0 Å². The lowest BCUT2D eigenvalue weighted by Crippen LogP contribution is -2.33. The monoisotopic (exact) mass is 264 g/mol. The van der Waals surface area contributed by atoms with Gasteiger partial charge in [-0.2, -0.15) is 0 Å². The van der Waals surface area contributed by atoms with Crippen molar-refractivity contribution in [2.24, 2.45) is 0 Å². The molecule has 1 aliphatic rings. The van der Waals surface area contributed by atoms with Gasteiger partial charge in [-0.3, -0.25) is 4.90 Å². The van der Waals surface area contributed by atoms with Crippen molar-refractivity contribution in [3.8, 4) is 5.88 Å². The Morgan fingerprint density at radius 2 is 2.05 bits per heavy atom. The number of nitrogens with one attached hydrogen (secondary N) is 1. The molecular formula is C14H24N4O. The van der Waals surface area contributed by atoms with Gasteiger partial charge < -0.3 is 10.1 Å². The summed E-state index contributed by atoms with van der Waals surface area (Å²) in [5, 5.41) is 3.21. The van der Waals surface area contributed by atoms with Crippen molar-refractivity contribution < 1.29 is 4.74 Å². The maximum atomic E-state index is 5.79. The Kier molecular flexibility index (Phi) is 5.39. The molecule has 0 spiro atoms. The first-order valence-electron chi connectivity index (χ1n) is 7.22. The quantitative estimate of drug-likeness (QED) is 0.852. The van der Waals surface area contributed by atoms with Crippen LogP contribution in [-0.4, -0.2) is 47.7 Å². The molecule has 0 aliphatic carbocycles. The van der Waals surface area contributed by atoms with Crippen LogP contribution in [0.25, 0.3) is 0 Å². The molecule has 0 saturated carbocycles. The van der Waals surface area contributed by atoms with E-state index in [2.05, 4.69) is 27.1 Å². The van der Waals surface area contributed by atoms with Crippen LogP contribution in [0.2, 0.25) is 0 Å². The summed E-state index contributed by atoms with van der Waals surface area (Å²) >= 11 is 0. The van der Waals surface area contributed by atoms with Crippen LogP contribution in [-0.2, 0) is 0 Å². The molecule has 2 rings (SSSR count). The lowest BCUT2D eigenvalue weighted by atomic mass is 10.1. The predicted octanol–water partition coefficient (Wildman–Crippen LogP) is 2.08. The zero-order valence-electron chi connectivity index (χ0n) is 12.0. The Labute approximate surface area is 115 Å². The lowest BCUT2D eigenvalue weighted by molar-refractivity contribution is 0.180. The minimum atomic E-state index is 0.697. The third kappa shape index (κ3) is 4.06. The summed E-state index contributed by atoms with van der Waals surface area (Å²) in [7, 11) is 0. The van der Waals surface area contributed by atoms with Crippen LogP contribution >= 0.6 is 0 Å². The Morgan fingerprint density at radius 1 is 1.26 bits per heavy atom. The van der Waals surface area contributed by atoms with Gasteiger partial charge in [0.15, 0.2) is 0 Å². The van der Waals surface area contributed by atoms with Crippen molar-refractivity contribution in [3.05, 3.63) is 11.9 Å². The first-order valence-corrected chi connectivity index (χ1v) is 7.22. The van der Waals surface area contributed by atoms with Crippen molar-refractivity contribution in [1.82, 2.24) is 14.9 Å². The highest BCUT2D eigenvalue weighted by Gasteiger charge is 2.11. The number of hydrogen-bond acceptors (Lipinski definition) is 5. The second kappa shape index (κ2) is 7.28. The molecule has 0 aromatic carbocycles. The van der Waals surface area contributed by atoms with Crippen LogP contribution in [0, 0.1) is 6.92 Å². The summed E-state index contributed by atoms with van der Waals surface area (Å²) in [4.78, 5) is 10.9. The zero-order chi connectivity index (χ0) is 13.5. The molecule has 1 aliphatic heterocycles. The number of nitrogens with zero attached hydrogens (tertiary/aromatic N) is 3. The normalized spacial score (nSPS) is 16.3. The first kappa shape index (κ1) is 14.1. The Bertz CT molecular complexity index is 391. The Balaban J connectivity index is 1.83. The van der Waals surface area contributed by atoms with Gasteiger partial charge in [-0.15, -0.1) is 0 Å². The SMILES string of the molecule is CCNc1ncnc(OCCN2CCCCC2)c1C. The summed E-state index contributed by atoms with van der Waals surface area (Å²) in [5.41, 5.74) is 0.989. The molecule has 5 heteroatoms. The standard InChI is InChI=1S/C14H24N4O/c1-3-15-13-12(2)14(17-11-16-13)19-10-9-18-7-5-4-6-8-18/h11H,3-10H2,1-2H3,(H,15,16,17). The highest BCUT2D eigenvalue weighted by molar-refractivity contribution is 5.47. The molecule has 1 saturated heterocycles. The molecule has 0 radical (unpaired) electrons. The van der Waals surface area contributed by atoms with Gasteiger partial charge in [-0.05, 0) is 39.8 Å². The van der Waals surface area contributed by atoms with E-state index in [0.717, 1.165) is 24.5 Å². The van der Waals surface area contributed by atoms with Gasteiger partial charge in [-0.1, -0.05) is 6.42 Å². The summed E-state index contributed by atoms with van der Waals surface area (Å²) < 4.78 is 5.79. The number of ether oxygens (including phenoxy) is 1. The van der Waals surface area contributed by atoms with Crippen LogP contribution < -0.4 is 10.1 Å².